The van der Waals surface area contributed by atoms with Gasteiger partial charge in [-0.2, -0.15) is 0 Å². The van der Waals surface area contributed by atoms with Gasteiger partial charge < -0.3 is 10.0 Å². The van der Waals surface area contributed by atoms with Gasteiger partial charge in [0.2, 0.25) is 5.91 Å². The zero-order valence-corrected chi connectivity index (χ0v) is 13.3. The molecule has 4 nitrogen and oxygen atoms in total. The number of piperidine rings is 1. The number of hydrogen-bond donors (Lipinski definition) is 1. The van der Waals surface area contributed by atoms with Gasteiger partial charge in [0.1, 0.15) is 0 Å². The Hall–Kier alpha value is -1.84. The number of rotatable bonds is 6. The Balaban J connectivity index is 2.00. The number of nitrogens with zero attached hydrogens (tertiary/aromatic N) is 1. The highest BCUT2D eigenvalue weighted by Gasteiger charge is 2.26. The van der Waals surface area contributed by atoms with E-state index in [2.05, 4.69) is 19.1 Å². The van der Waals surface area contributed by atoms with Crippen molar-refractivity contribution in [3.63, 3.8) is 0 Å². The number of benzene rings is 1. The van der Waals surface area contributed by atoms with E-state index >= 15 is 0 Å². The van der Waals surface area contributed by atoms with Crippen molar-refractivity contribution in [2.75, 3.05) is 6.54 Å². The normalized spacial score (nSPS) is 18.2. The third-order valence-electron chi connectivity index (χ3n) is 4.39. The molecule has 1 aliphatic heterocycles. The number of hydrogen-bond acceptors (Lipinski definition) is 2. The lowest BCUT2D eigenvalue weighted by molar-refractivity contribution is -0.139. The third kappa shape index (κ3) is 4.58. The summed E-state index contributed by atoms with van der Waals surface area (Å²) in [4.78, 5) is 25.3. The fourth-order valence-electron chi connectivity index (χ4n) is 3.15. The topological polar surface area (TPSA) is 57.6 Å². The molecule has 0 saturated carbocycles. The van der Waals surface area contributed by atoms with Crippen LogP contribution in [0.4, 0.5) is 0 Å². The molecule has 1 saturated heterocycles. The maximum atomic E-state index is 12.6. The maximum absolute atomic E-state index is 12.6. The van der Waals surface area contributed by atoms with E-state index in [0.717, 1.165) is 37.8 Å². The number of carbonyl (C=O) groups excluding carboxylic acids is 1. The van der Waals surface area contributed by atoms with Crippen molar-refractivity contribution in [1.29, 1.82) is 0 Å². The Bertz CT molecular complexity index is 527. The average Bonchev–Trinajstić information content (AvgIpc) is 2.53. The van der Waals surface area contributed by atoms with Gasteiger partial charge in [-0.15, -0.1) is 0 Å². The highest BCUT2D eigenvalue weighted by atomic mass is 16.4. The first kappa shape index (κ1) is 16.5. The molecule has 1 aromatic carbocycles. The van der Waals surface area contributed by atoms with Crippen molar-refractivity contribution in [3.05, 3.63) is 35.4 Å². The van der Waals surface area contributed by atoms with Crippen molar-refractivity contribution in [1.82, 2.24) is 4.90 Å². The number of amides is 1. The molecule has 0 spiro atoms. The van der Waals surface area contributed by atoms with Crippen molar-refractivity contribution in [2.45, 2.75) is 57.9 Å². The Morgan fingerprint density at radius 3 is 2.77 bits per heavy atom. The first-order chi connectivity index (χ1) is 10.6. The van der Waals surface area contributed by atoms with Gasteiger partial charge in [0, 0.05) is 19.0 Å². The SMILES string of the molecule is CCc1cccc(CC(=O)N2CCCCC2CCC(=O)O)c1. The first-order valence-electron chi connectivity index (χ1n) is 8.19. The van der Waals surface area contributed by atoms with Gasteiger partial charge in [-0.05, 0) is 43.2 Å². The number of carbonyl (C=O) groups is 2. The molecule has 1 N–H and O–H groups in total. The summed E-state index contributed by atoms with van der Waals surface area (Å²) in [6.45, 7) is 2.87. The van der Waals surface area contributed by atoms with Gasteiger partial charge in [0.05, 0.1) is 6.42 Å². The summed E-state index contributed by atoms with van der Waals surface area (Å²) < 4.78 is 0. The van der Waals surface area contributed by atoms with E-state index in [1.807, 2.05) is 17.0 Å². The summed E-state index contributed by atoms with van der Waals surface area (Å²) >= 11 is 0. The molecule has 0 radical (unpaired) electrons. The quantitative estimate of drug-likeness (QED) is 0.878. The van der Waals surface area contributed by atoms with Crippen LogP contribution in [0.5, 0.6) is 0 Å². The monoisotopic (exact) mass is 303 g/mol. The standard InChI is InChI=1S/C18H25NO3/c1-2-14-6-5-7-15(12-14)13-17(20)19-11-4-3-8-16(19)9-10-18(21)22/h5-7,12,16H,2-4,8-11,13H2,1H3,(H,21,22). The molecule has 4 heteroatoms. The second kappa shape index (κ2) is 7.97. The van der Waals surface area contributed by atoms with Crippen LogP contribution in [0, 0.1) is 0 Å². The molecule has 1 amide bonds. The summed E-state index contributed by atoms with van der Waals surface area (Å²) in [6, 6.07) is 8.25. The minimum absolute atomic E-state index is 0.0895. The molecule has 120 valence electrons. The molecule has 2 rings (SSSR count). The molecule has 0 bridgehead atoms. The van der Waals surface area contributed by atoms with Crippen LogP contribution in [0.1, 0.15) is 50.2 Å². The fourth-order valence-corrected chi connectivity index (χ4v) is 3.15. The van der Waals surface area contributed by atoms with E-state index in [0.29, 0.717) is 12.8 Å². The lowest BCUT2D eigenvalue weighted by atomic mass is 9.96. The van der Waals surface area contributed by atoms with Crippen LogP contribution in [-0.4, -0.2) is 34.5 Å². The Labute approximate surface area is 132 Å². The smallest absolute Gasteiger partial charge is 0.303 e. The third-order valence-corrected chi connectivity index (χ3v) is 4.39. The summed E-state index contributed by atoms with van der Waals surface area (Å²) in [5, 5.41) is 8.86. The van der Waals surface area contributed by atoms with Crippen LogP contribution < -0.4 is 0 Å². The zero-order valence-electron chi connectivity index (χ0n) is 13.3. The van der Waals surface area contributed by atoms with Crippen molar-refractivity contribution >= 4 is 11.9 Å². The average molecular weight is 303 g/mol. The van der Waals surface area contributed by atoms with E-state index in [4.69, 9.17) is 5.11 Å². The number of likely N-dealkylation sites (tertiary alicyclic amines) is 1. The van der Waals surface area contributed by atoms with Gasteiger partial charge in [0.15, 0.2) is 0 Å². The highest BCUT2D eigenvalue weighted by Crippen LogP contribution is 2.22. The van der Waals surface area contributed by atoms with Crippen molar-refractivity contribution in [3.8, 4) is 0 Å². The van der Waals surface area contributed by atoms with Crippen LogP contribution in [0.25, 0.3) is 0 Å². The minimum atomic E-state index is -0.784. The summed E-state index contributed by atoms with van der Waals surface area (Å²) in [5.74, 6) is -0.656. The van der Waals surface area contributed by atoms with E-state index in [1.54, 1.807) is 0 Å². The summed E-state index contributed by atoms with van der Waals surface area (Å²) in [6.07, 6.45) is 5.11. The van der Waals surface area contributed by atoms with Crippen LogP contribution in [0.15, 0.2) is 24.3 Å². The van der Waals surface area contributed by atoms with E-state index in [1.165, 1.54) is 5.56 Å². The zero-order chi connectivity index (χ0) is 15.9. The number of aryl methyl sites for hydroxylation is 1. The molecule has 1 aliphatic rings. The van der Waals surface area contributed by atoms with Gasteiger partial charge in [-0.1, -0.05) is 31.2 Å². The second-order valence-corrected chi connectivity index (χ2v) is 6.02. The number of carboxylic acids is 1. The molecular weight excluding hydrogens is 278 g/mol. The van der Waals surface area contributed by atoms with Gasteiger partial charge in [0.25, 0.3) is 0 Å². The molecule has 0 aromatic heterocycles. The molecule has 1 heterocycles. The van der Waals surface area contributed by atoms with E-state index in [-0.39, 0.29) is 18.4 Å². The molecule has 1 atom stereocenters. The number of carboxylic acid groups (broad SMARTS) is 1. The minimum Gasteiger partial charge on any atom is -0.481 e. The molecule has 1 unspecified atom stereocenters. The Morgan fingerprint density at radius 2 is 2.05 bits per heavy atom. The second-order valence-electron chi connectivity index (χ2n) is 6.02. The van der Waals surface area contributed by atoms with Crippen molar-refractivity contribution < 1.29 is 14.7 Å². The van der Waals surface area contributed by atoms with E-state index in [9.17, 15) is 9.59 Å². The van der Waals surface area contributed by atoms with Gasteiger partial charge in [-0.25, -0.2) is 0 Å². The maximum Gasteiger partial charge on any atom is 0.303 e. The highest BCUT2D eigenvalue weighted by molar-refractivity contribution is 5.79. The number of aliphatic carboxylic acids is 1. The summed E-state index contributed by atoms with van der Waals surface area (Å²) in [7, 11) is 0. The largest absolute Gasteiger partial charge is 0.481 e. The first-order valence-corrected chi connectivity index (χ1v) is 8.19. The summed E-state index contributed by atoms with van der Waals surface area (Å²) in [5.41, 5.74) is 2.29. The van der Waals surface area contributed by atoms with Crippen LogP contribution >= 0.6 is 0 Å². The van der Waals surface area contributed by atoms with Gasteiger partial charge >= 0.3 is 5.97 Å². The van der Waals surface area contributed by atoms with E-state index < -0.39 is 5.97 Å². The molecule has 22 heavy (non-hydrogen) atoms. The van der Waals surface area contributed by atoms with Crippen LogP contribution in [-0.2, 0) is 22.4 Å². The lowest BCUT2D eigenvalue weighted by Gasteiger charge is -2.36. The molecule has 1 aromatic rings. The van der Waals surface area contributed by atoms with Crippen LogP contribution in [0.3, 0.4) is 0 Å². The molecular formula is C18H25NO3. The Morgan fingerprint density at radius 1 is 1.27 bits per heavy atom. The van der Waals surface area contributed by atoms with Gasteiger partial charge in [-0.3, -0.25) is 9.59 Å². The predicted molar refractivity (Wildman–Crippen MR) is 85.7 cm³/mol. The van der Waals surface area contributed by atoms with Crippen LogP contribution in [0.2, 0.25) is 0 Å². The molecule has 1 fully saturated rings. The predicted octanol–water partition coefficient (Wildman–Crippen LogP) is 3.04. The Kier molecular flexibility index (Phi) is 5.99. The lowest BCUT2D eigenvalue weighted by Crippen LogP contribution is -2.44. The molecule has 0 aliphatic carbocycles. The van der Waals surface area contributed by atoms with Crippen molar-refractivity contribution in [2.24, 2.45) is 0 Å². The fraction of sp³-hybridized carbons (Fsp3) is 0.556.